The van der Waals surface area contributed by atoms with Gasteiger partial charge < -0.3 is 14.3 Å². The first-order valence-corrected chi connectivity index (χ1v) is 10.2. The first-order valence-electron chi connectivity index (χ1n) is 8.41. The Bertz CT molecular complexity index is 1170. The molecule has 0 aliphatic carbocycles. The highest BCUT2D eigenvalue weighted by Gasteiger charge is 2.17. The van der Waals surface area contributed by atoms with Crippen molar-refractivity contribution in [3.8, 4) is 11.5 Å². The molecule has 2 amide bonds. The van der Waals surface area contributed by atoms with Crippen LogP contribution >= 0.6 is 23.1 Å². The van der Waals surface area contributed by atoms with Gasteiger partial charge in [0.25, 0.3) is 5.91 Å². The van der Waals surface area contributed by atoms with Crippen molar-refractivity contribution in [3.05, 3.63) is 60.2 Å². The molecule has 12 heteroatoms. The molecule has 30 heavy (non-hydrogen) atoms. The van der Waals surface area contributed by atoms with Crippen LogP contribution in [0.25, 0.3) is 11.5 Å². The lowest BCUT2D eigenvalue weighted by atomic mass is 10.3. The molecule has 0 aliphatic rings. The SMILES string of the molecule is O=C(CSc1nnc(NC(=O)c2cc(-c3ccco3)on2)s1)Nc1ccccc1F. The van der Waals surface area contributed by atoms with Gasteiger partial charge in [-0.3, -0.25) is 14.9 Å². The summed E-state index contributed by atoms with van der Waals surface area (Å²) in [5.74, 6) is -0.656. The molecule has 0 fully saturated rings. The summed E-state index contributed by atoms with van der Waals surface area (Å²) < 4.78 is 24.3. The zero-order valence-electron chi connectivity index (χ0n) is 15.0. The van der Waals surface area contributed by atoms with Crippen molar-refractivity contribution in [3.63, 3.8) is 0 Å². The summed E-state index contributed by atoms with van der Waals surface area (Å²) in [4.78, 5) is 24.2. The third-order valence-electron chi connectivity index (χ3n) is 3.61. The topological polar surface area (TPSA) is 123 Å². The van der Waals surface area contributed by atoms with Gasteiger partial charge in [0.05, 0.1) is 17.7 Å². The van der Waals surface area contributed by atoms with Crippen LogP contribution in [-0.2, 0) is 4.79 Å². The molecular formula is C18H12FN5O4S2. The maximum absolute atomic E-state index is 13.6. The van der Waals surface area contributed by atoms with Gasteiger partial charge in [-0.2, -0.15) is 0 Å². The third kappa shape index (κ3) is 4.72. The number of nitrogens with zero attached hydrogens (tertiary/aromatic N) is 3. The fourth-order valence-electron chi connectivity index (χ4n) is 2.27. The Hall–Kier alpha value is -3.51. The smallest absolute Gasteiger partial charge is 0.279 e. The number of halogens is 1. The first kappa shape index (κ1) is 19.8. The summed E-state index contributed by atoms with van der Waals surface area (Å²) in [5.41, 5.74) is 0.157. The van der Waals surface area contributed by atoms with Crippen molar-refractivity contribution >= 4 is 45.7 Å². The zero-order valence-corrected chi connectivity index (χ0v) is 16.6. The largest absolute Gasteiger partial charge is 0.461 e. The molecule has 9 nitrogen and oxygen atoms in total. The van der Waals surface area contributed by atoms with E-state index in [2.05, 4.69) is 26.0 Å². The summed E-state index contributed by atoms with van der Waals surface area (Å²) in [5, 5.41) is 16.8. The second-order valence-electron chi connectivity index (χ2n) is 5.70. The molecule has 1 aromatic carbocycles. The number of furan rings is 1. The van der Waals surface area contributed by atoms with Gasteiger partial charge in [-0.1, -0.05) is 40.4 Å². The predicted molar refractivity (Wildman–Crippen MR) is 108 cm³/mol. The molecule has 152 valence electrons. The Morgan fingerprint density at radius 3 is 2.77 bits per heavy atom. The van der Waals surface area contributed by atoms with Gasteiger partial charge in [0.2, 0.25) is 16.8 Å². The van der Waals surface area contributed by atoms with Crippen molar-refractivity contribution in [1.82, 2.24) is 15.4 Å². The molecule has 0 atom stereocenters. The van der Waals surface area contributed by atoms with Gasteiger partial charge in [-0.25, -0.2) is 4.39 Å². The number of carbonyl (C=O) groups excluding carboxylic acids is 2. The van der Waals surface area contributed by atoms with Crippen molar-refractivity contribution in [2.24, 2.45) is 0 Å². The van der Waals surface area contributed by atoms with E-state index in [1.54, 1.807) is 18.2 Å². The lowest BCUT2D eigenvalue weighted by Crippen LogP contribution is -2.14. The number of carbonyl (C=O) groups is 2. The minimum absolute atomic E-state index is 0.00665. The second kappa shape index (κ2) is 8.88. The van der Waals surface area contributed by atoms with E-state index in [1.165, 1.54) is 30.5 Å². The van der Waals surface area contributed by atoms with E-state index in [0.717, 1.165) is 23.1 Å². The Labute approximate surface area is 176 Å². The van der Waals surface area contributed by atoms with Crippen LogP contribution in [0.5, 0.6) is 0 Å². The summed E-state index contributed by atoms with van der Waals surface area (Å²) in [7, 11) is 0. The van der Waals surface area contributed by atoms with Crippen LogP contribution in [0.3, 0.4) is 0 Å². The van der Waals surface area contributed by atoms with E-state index in [-0.39, 0.29) is 28.2 Å². The number of benzene rings is 1. The predicted octanol–water partition coefficient (Wildman–Crippen LogP) is 3.91. The van der Waals surface area contributed by atoms with Gasteiger partial charge in [-0.15, -0.1) is 10.2 Å². The van der Waals surface area contributed by atoms with Crippen molar-refractivity contribution < 1.29 is 22.9 Å². The van der Waals surface area contributed by atoms with Crippen LogP contribution in [-0.4, -0.2) is 32.9 Å². The quantitative estimate of drug-likeness (QED) is 0.324. The monoisotopic (exact) mass is 445 g/mol. The molecule has 4 aromatic rings. The maximum Gasteiger partial charge on any atom is 0.279 e. The van der Waals surface area contributed by atoms with Crippen LogP contribution in [0, 0.1) is 5.82 Å². The van der Waals surface area contributed by atoms with E-state index in [0.29, 0.717) is 15.9 Å². The number of hydrogen-bond donors (Lipinski definition) is 2. The minimum Gasteiger partial charge on any atom is -0.461 e. The molecule has 3 aromatic heterocycles. The number of hydrogen-bond acceptors (Lipinski definition) is 9. The van der Waals surface area contributed by atoms with E-state index in [1.807, 2.05) is 0 Å². The average Bonchev–Trinajstić information content (AvgIpc) is 3.49. The van der Waals surface area contributed by atoms with E-state index < -0.39 is 11.7 Å². The average molecular weight is 445 g/mol. The molecule has 2 N–H and O–H groups in total. The lowest BCUT2D eigenvalue weighted by Gasteiger charge is -2.04. The molecular weight excluding hydrogens is 433 g/mol. The summed E-state index contributed by atoms with van der Waals surface area (Å²) in [6.07, 6.45) is 1.48. The number of nitrogens with one attached hydrogen (secondary N) is 2. The Kier molecular flexibility index (Phi) is 5.86. The number of anilines is 2. The molecule has 3 heterocycles. The number of aromatic nitrogens is 3. The Morgan fingerprint density at radius 1 is 1.10 bits per heavy atom. The number of para-hydroxylation sites is 1. The molecule has 0 radical (unpaired) electrons. The van der Waals surface area contributed by atoms with Crippen molar-refractivity contribution in [2.75, 3.05) is 16.4 Å². The van der Waals surface area contributed by atoms with Crippen LogP contribution in [0.2, 0.25) is 0 Å². The van der Waals surface area contributed by atoms with E-state index in [4.69, 9.17) is 8.94 Å². The molecule has 0 bridgehead atoms. The molecule has 0 saturated carbocycles. The Morgan fingerprint density at radius 2 is 1.97 bits per heavy atom. The summed E-state index contributed by atoms with van der Waals surface area (Å²) >= 11 is 2.20. The van der Waals surface area contributed by atoms with Crippen LogP contribution in [0.4, 0.5) is 15.2 Å². The van der Waals surface area contributed by atoms with Crippen LogP contribution in [0.15, 0.2) is 62.0 Å². The number of rotatable bonds is 7. The van der Waals surface area contributed by atoms with Gasteiger partial charge in [0.1, 0.15) is 5.82 Å². The molecule has 0 unspecified atom stereocenters. The maximum atomic E-state index is 13.6. The highest BCUT2D eigenvalue weighted by Crippen LogP contribution is 2.26. The fourth-order valence-corrected chi connectivity index (χ4v) is 3.82. The fraction of sp³-hybridized carbons (Fsp3) is 0.0556. The number of thioether (sulfide) groups is 1. The van der Waals surface area contributed by atoms with E-state index in [9.17, 15) is 14.0 Å². The normalized spacial score (nSPS) is 10.7. The van der Waals surface area contributed by atoms with Gasteiger partial charge in [-0.05, 0) is 24.3 Å². The van der Waals surface area contributed by atoms with Gasteiger partial charge >= 0.3 is 0 Å². The van der Waals surface area contributed by atoms with Gasteiger partial charge in [0.15, 0.2) is 15.8 Å². The summed E-state index contributed by atoms with van der Waals surface area (Å²) in [6, 6.07) is 10.7. The Balaban J connectivity index is 1.30. The summed E-state index contributed by atoms with van der Waals surface area (Å²) in [6.45, 7) is 0. The highest BCUT2D eigenvalue weighted by atomic mass is 32.2. The first-order chi connectivity index (χ1) is 14.6. The lowest BCUT2D eigenvalue weighted by molar-refractivity contribution is -0.113. The molecule has 4 rings (SSSR count). The third-order valence-corrected chi connectivity index (χ3v) is 5.58. The van der Waals surface area contributed by atoms with Crippen molar-refractivity contribution in [1.29, 1.82) is 0 Å². The van der Waals surface area contributed by atoms with E-state index >= 15 is 0 Å². The number of amides is 2. The standard InChI is InChI=1S/C18H12FN5O4S2/c19-10-4-1-2-5-11(10)20-15(25)9-29-18-23-22-17(30-18)21-16(26)12-8-14(28-24-12)13-6-3-7-27-13/h1-8H,9H2,(H,20,25)(H,21,22,26). The molecule has 0 aliphatic heterocycles. The molecule has 0 saturated heterocycles. The minimum atomic E-state index is -0.526. The molecule has 0 spiro atoms. The highest BCUT2D eigenvalue weighted by molar-refractivity contribution is 8.01. The van der Waals surface area contributed by atoms with Crippen LogP contribution < -0.4 is 10.6 Å². The van der Waals surface area contributed by atoms with Crippen LogP contribution in [0.1, 0.15) is 10.5 Å². The van der Waals surface area contributed by atoms with Gasteiger partial charge in [0, 0.05) is 6.07 Å². The second-order valence-corrected chi connectivity index (χ2v) is 7.90. The zero-order chi connectivity index (χ0) is 20.9. The van der Waals surface area contributed by atoms with Crippen molar-refractivity contribution in [2.45, 2.75) is 4.34 Å².